The van der Waals surface area contributed by atoms with E-state index in [9.17, 15) is 4.79 Å². The molecule has 0 bridgehead atoms. The highest BCUT2D eigenvalue weighted by atomic mass is 16.5. The van der Waals surface area contributed by atoms with Crippen LogP contribution in [0.1, 0.15) is 39.5 Å². The summed E-state index contributed by atoms with van der Waals surface area (Å²) < 4.78 is 4.91. The highest BCUT2D eigenvalue weighted by Crippen LogP contribution is 2.18. The Balaban J connectivity index is 2.22. The molecule has 13 heavy (non-hydrogen) atoms. The highest BCUT2D eigenvalue weighted by Gasteiger charge is 2.21. The van der Waals surface area contributed by atoms with E-state index in [0.717, 1.165) is 0 Å². The Labute approximate surface area is 79.8 Å². The average molecular weight is 185 g/mol. The topological polar surface area (TPSA) is 38.3 Å². The van der Waals surface area contributed by atoms with Crippen LogP contribution in [0.2, 0.25) is 0 Å². The first-order chi connectivity index (χ1) is 6.24. The maximum atomic E-state index is 11.2. The Hall–Kier alpha value is -0.570. The van der Waals surface area contributed by atoms with Gasteiger partial charge >= 0.3 is 5.97 Å². The van der Waals surface area contributed by atoms with Gasteiger partial charge in [-0.3, -0.25) is 4.79 Å². The van der Waals surface area contributed by atoms with Gasteiger partial charge in [0.05, 0.1) is 6.61 Å². The van der Waals surface area contributed by atoms with E-state index in [-0.39, 0.29) is 12.0 Å². The van der Waals surface area contributed by atoms with Crippen LogP contribution in [0.5, 0.6) is 0 Å². The maximum absolute atomic E-state index is 11.2. The summed E-state index contributed by atoms with van der Waals surface area (Å²) in [6, 6.07) is 0.377. The fourth-order valence-corrected chi connectivity index (χ4v) is 1.78. The number of carbonyl (C=O) groups excluding carboxylic acids is 1. The number of hydrogen-bond acceptors (Lipinski definition) is 3. The summed E-state index contributed by atoms with van der Waals surface area (Å²) >= 11 is 0. The lowest BCUT2D eigenvalue weighted by Crippen LogP contribution is -2.40. The molecule has 1 saturated carbocycles. The zero-order valence-electron chi connectivity index (χ0n) is 8.51. The molecule has 0 aromatic carbocycles. The van der Waals surface area contributed by atoms with Crippen molar-refractivity contribution >= 4 is 5.97 Å². The second-order valence-corrected chi connectivity index (χ2v) is 3.62. The molecule has 0 radical (unpaired) electrons. The van der Waals surface area contributed by atoms with E-state index in [2.05, 4.69) is 5.32 Å². The number of esters is 1. The van der Waals surface area contributed by atoms with E-state index in [1.807, 2.05) is 13.8 Å². The Bertz CT molecular complexity index is 164. The minimum absolute atomic E-state index is 0.130. The smallest absolute Gasteiger partial charge is 0.322 e. The molecule has 76 valence electrons. The zero-order valence-corrected chi connectivity index (χ0v) is 8.51. The van der Waals surface area contributed by atoms with E-state index in [4.69, 9.17) is 4.74 Å². The normalized spacial score (nSPS) is 20.2. The number of nitrogens with one attached hydrogen (secondary N) is 1. The van der Waals surface area contributed by atoms with Gasteiger partial charge in [-0.25, -0.2) is 0 Å². The third kappa shape index (κ3) is 3.35. The maximum Gasteiger partial charge on any atom is 0.322 e. The molecule has 1 rings (SSSR count). The Kier molecular flexibility index (Phi) is 4.22. The number of rotatable bonds is 4. The van der Waals surface area contributed by atoms with Crippen molar-refractivity contribution in [2.75, 3.05) is 6.61 Å². The van der Waals surface area contributed by atoms with Crippen LogP contribution < -0.4 is 5.32 Å². The molecule has 0 aromatic heterocycles. The fraction of sp³-hybridized carbons (Fsp3) is 0.900. The van der Waals surface area contributed by atoms with E-state index in [0.29, 0.717) is 12.6 Å². The first kappa shape index (κ1) is 10.5. The monoisotopic (exact) mass is 185 g/mol. The standard InChI is InChI=1S/C10H19NO2/c1-3-13-10(12)8(2)11-9-6-4-5-7-9/h8-9,11H,3-7H2,1-2H3/t8-/m0/s1. The third-order valence-electron chi connectivity index (χ3n) is 2.48. The first-order valence-corrected chi connectivity index (χ1v) is 5.16. The molecule has 0 aromatic rings. The van der Waals surface area contributed by atoms with E-state index in [1.54, 1.807) is 0 Å². The first-order valence-electron chi connectivity index (χ1n) is 5.16. The summed E-state index contributed by atoms with van der Waals surface area (Å²) in [7, 11) is 0. The van der Waals surface area contributed by atoms with Crippen LogP contribution >= 0.6 is 0 Å². The van der Waals surface area contributed by atoms with E-state index < -0.39 is 0 Å². The van der Waals surface area contributed by atoms with Crippen LogP contribution in [0.25, 0.3) is 0 Å². The Morgan fingerprint density at radius 3 is 2.69 bits per heavy atom. The SMILES string of the molecule is CCOC(=O)[C@H](C)NC1CCCC1. The van der Waals surface area contributed by atoms with Crippen molar-refractivity contribution in [1.82, 2.24) is 5.32 Å². The summed E-state index contributed by atoms with van der Waals surface area (Å²) in [5.74, 6) is -0.130. The molecule has 0 spiro atoms. The van der Waals surface area contributed by atoms with Crippen molar-refractivity contribution in [3.63, 3.8) is 0 Å². The largest absolute Gasteiger partial charge is 0.465 e. The lowest BCUT2D eigenvalue weighted by Gasteiger charge is -2.17. The highest BCUT2D eigenvalue weighted by molar-refractivity contribution is 5.75. The van der Waals surface area contributed by atoms with Crippen molar-refractivity contribution in [2.24, 2.45) is 0 Å². The van der Waals surface area contributed by atoms with Crippen molar-refractivity contribution in [3.05, 3.63) is 0 Å². The van der Waals surface area contributed by atoms with Crippen LogP contribution in [0, 0.1) is 0 Å². The zero-order chi connectivity index (χ0) is 9.68. The summed E-state index contributed by atoms with van der Waals surface area (Å²) in [5.41, 5.74) is 0. The van der Waals surface area contributed by atoms with Gasteiger partial charge in [0.1, 0.15) is 6.04 Å². The molecule has 1 N–H and O–H groups in total. The van der Waals surface area contributed by atoms with Gasteiger partial charge in [0.15, 0.2) is 0 Å². The van der Waals surface area contributed by atoms with Crippen LogP contribution in [0.15, 0.2) is 0 Å². The minimum atomic E-state index is -0.150. The summed E-state index contributed by atoms with van der Waals surface area (Å²) in [6.45, 7) is 4.17. The molecule has 1 aliphatic carbocycles. The van der Waals surface area contributed by atoms with Crippen molar-refractivity contribution in [3.8, 4) is 0 Å². The van der Waals surface area contributed by atoms with E-state index >= 15 is 0 Å². The summed E-state index contributed by atoms with van der Waals surface area (Å²) in [5, 5.41) is 3.29. The molecule has 3 nitrogen and oxygen atoms in total. The molecule has 0 amide bonds. The second kappa shape index (κ2) is 5.22. The lowest BCUT2D eigenvalue weighted by molar-refractivity contribution is -0.145. The number of carbonyl (C=O) groups is 1. The third-order valence-corrected chi connectivity index (χ3v) is 2.48. The Morgan fingerprint density at radius 1 is 1.54 bits per heavy atom. The molecular formula is C10H19NO2. The van der Waals surface area contributed by atoms with Gasteiger partial charge in [0, 0.05) is 6.04 Å². The number of hydrogen-bond donors (Lipinski definition) is 1. The van der Waals surface area contributed by atoms with Gasteiger partial charge in [0.2, 0.25) is 0 Å². The van der Waals surface area contributed by atoms with Crippen LogP contribution in [0.4, 0.5) is 0 Å². The second-order valence-electron chi connectivity index (χ2n) is 3.62. The van der Waals surface area contributed by atoms with Gasteiger partial charge in [-0.2, -0.15) is 0 Å². The molecule has 0 aliphatic heterocycles. The Morgan fingerprint density at radius 2 is 2.15 bits per heavy atom. The molecular weight excluding hydrogens is 166 g/mol. The summed E-state index contributed by atoms with van der Waals surface area (Å²) in [4.78, 5) is 11.2. The molecule has 1 aliphatic rings. The summed E-state index contributed by atoms with van der Waals surface area (Å²) in [6.07, 6.45) is 4.97. The lowest BCUT2D eigenvalue weighted by atomic mass is 10.2. The molecule has 3 heteroatoms. The quantitative estimate of drug-likeness (QED) is 0.674. The van der Waals surface area contributed by atoms with Gasteiger partial charge < -0.3 is 10.1 Å². The average Bonchev–Trinajstić information content (AvgIpc) is 2.57. The minimum Gasteiger partial charge on any atom is -0.465 e. The van der Waals surface area contributed by atoms with Gasteiger partial charge in [-0.1, -0.05) is 12.8 Å². The van der Waals surface area contributed by atoms with Crippen LogP contribution in [0.3, 0.4) is 0 Å². The van der Waals surface area contributed by atoms with Crippen LogP contribution in [-0.2, 0) is 9.53 Å². The van der Waals surface area contributed by atoms with Crippen molar-refractivity contribution in [1.29, 1.82) is 0 Å². The number of ether oxygens (including phenoxy) is 1. The van der Waals surface area contributed by atoms with Gasteiger partial charge in [-0.05, 0) is 26.7 Å². The van der Waals surface area contributed by atoms with Crippen LogP contribution in [-0.4, -0.2) is 24.7 Å². The van der Waals surface area contributed by atoms with Crippen molar-refractivity contribution in [2.45, 2.75) is 51.6 Å². The molecule has 0 unspecified atom stereocenters. The predicted molar refractivity (Wildman–Crippen MR) is 51.5 cm³/mol. The predicted octanol–water partition coefficient (Wildman–Crippen LogP) is 1.47. The molecule has 1 atom stereocenters. The fourth-order valence-electron chi connectivity index (χ4n) is 1.78. The van der Waals surface area contributed by atoms with Crippen molar-refractivity contribution < 1.29 is 9.53 Å². The van der Waals surface area contributed by atoms with Gasteiger partial charge in [0.25, 0.3) is 0 Å². The van der Waals surface area contributed by atoms with Gasteiger partial charge in [-0.15, -0.1) is 0 Å². The molecule has 1 fully saturated rings. The molecule has 0 heterocycles. The molecule has 0 saturated heterocycles. The van der Waals surface area contributed by atoms with E-state index in [1.165, 1.54) is 25.7 Å².